The van der Waals surface area contributed by atoms with Gasteiger partial charge in [0.1, 0.15) is 0 Å². The van der Waals surface area contributed by atoms with Gasteiger partial charge in [-0.05, 0) is 32.2 Å². The van der Waals surface area contributed by atoms with Gasteiger partial charge in [0.25, 0.3) is 0 Å². The van der Waals surface area contributed by atoms with Crippen LogP contribution in [0, 0.1) is 0 Å². The van der Waals surface area contributed by atoms with Crippen LogP contribution in [0.4, 0.5) is 0 Å². The van der Waals surface area contributed by atoms with E-state index in [-0.39, 0.29) is 6.61 Å². The quantitative estimate of drug-likeness (QED) is 0.469. The Morgan fingerprint density at radius 1 is 1.00 bits per heavy atom. The van der Waals surface area contributed by atoms with Crippen molar-refractivity contribution in [3.63, 3.8) is 0 Å². The Morgan fingerprint density at radius 3 is 2.29 bits per heavy atom. The van der Waals surface area contributed by atoms with Gasteiger partial charge in [0, 0.05) is 19.3 Å². The van der Waals surface area contributed by atoms with Gasteiger partial charge in [-0.25, -0.2) is 0 Å². The van der Waals surface area contributed by atoms with Crippen molar-refractivity contribution in [2.24, 2.45) is 0 Å². The molecule has 0 fully saturated rings. The first-order valence-electron chi connectivity index (χ1n) is 5.80. The Hall–Kier alpha value is -0.120. The van der Waals surface area contributed by atoms with Gasteiger partial charge < -0.3 is 15.5 Å². The third-order valence-corrected chi connectivity index (χ3v) is 2.49. The number of rotatable bonds is 10. The molecular weight excluding hydrogens is 178 g/mol. The van der Waals surface area contributed by atoms with E-state index in [0.29, 0.717) is 12.6 Å². The molecule has 0 radical (unpaired) electrons. The SMILES string of the molecule is CCC(CCO)NCCCCCCO. The second-order valence-corrected chi connectivity index (χ2v) is 3.71. The normalized spacial score (nSPS) is 13.1. The molecule has 3 N–H and O–H groups in total. The summed E-state index contributed by atoms with van der Waals surface area (Å²) in [5, 5.41) is 20.8. The Morgan fingerprint density at radius 2 is 1.71 bits per heavy atom. The van der Waals surface area contributed by atoms with E-state index in [9.17, 15) is 0 Å². The fraction of sp³-hybridized carbons (Fsp3) is 1.00. The van der Waals surface area contributed by atoms with Crippen molar-refractivity contribution in [1.29, 1.82) is 0 Å². The number of aliphatic hydroxyl groups is 2. The van der Waals surface area contributed by atoms with E-state index in [1.165, 1.54) is 12.8 Å². The molecule has 0 saturated carbocycles. The van der Waals surface area contributed by atoms with Gasteiger partial charge in [-0.1, -0.05) is 19.8 Å². The third-order valence-electron chi connectivity index (χ3n) is 2.49. The molecule has 3 heteroatoms. The Balaban J connectivity index is 3.15. The molecule has 0 heterocycles. The Kier molecular flexibility index (Phi) is 10.9. The van der Waals surface area contributed by atoms with Crippen molar-refractivity contribution in [3.05, 3.63) is 0 Å². The Bertz CT molecular complexity index is 109. The molecular formula is C11H25NO2. The fourth-order valence-corrected chi connectivity index (χ4v) is 1.50. The molecule has 0 aromatic carbocycles. The maximum atomic E-state index is 8.77. The van der Waals surface area contributed by atoms with Crippen molar-refractivity contribution >= 4 is 0 Å². The second kappa shape index (κ2) is 11.0. The molecule has 0 aliphatic carbocycles. The number of hydrogen-bond donors (Lipinski definition) is 3. The summed E-state index contributed by atoms with van der Waals surface area (Å²) in [4.78, 5) is 0. The zero-order valence-corrected chi connectivity index (χ0v) is 9.34. The minimum atomic E-state index is 0.274. The maximum absolute atomic E-state index is 8.77. The number of unbranched alkanes of at least 4 members (excludes halogenated alkanes) is 3. The molecule has 14 heavy (non-hydrogen) atoms. The lowest BCUT2D eigenvalue weighted by Gasteiger charge is -2.15. The van der Waals surface area contributed by atoms with E-state index in [1.807, 2.05) is 0 Å². The minimum Gasteiger partial charge on any atom is -0.396 e. The van der Waals surface area contributed by atoms with E-state index in [0.717, 1.165) is 32.2 Å². The van der Waals surface area contributed by atoms with Crippen LogP contribution in [0.25, 0.3) is 0 Å². The zero-order valence-electron chi connectivity index (χ0n) is 9.34. The van der Waals surface area contributed by atoms with Gasteiger partial charge in [0.15, 0.2) is 0 Å². The van der Waals surface area contributed by atoms with Crippen LogP contribution < -0.4 is 5.32 Å². The summed E-state index contributed by atoms with van der Waals surface area (Å²) in [5.41, 5.74) is 0. The van der Waals surface area contributed by atoms with Gasteiger partial charge in [-0.3, -0.25) is 0 Å². The van der Waals surface area contributed by atoms with Gasteiger partial charge in [0.05, 0.1) is 0 Å². The van der Waals surface area contributed by atoms with Gasteiger partial charge >= 0.3 is 0 Å². The summed E-state index contributed by atoms with van der Waals surface area (Å²) in [6, 6.07) is 0.470. The smallest absolute Gasteiger partial charge is 0.0445 e. The lowest BCUT2D eigenvalue weighted by molar-refractivity contribution is 0.261. The number of hydrogen-bond acceptors (Lipinski definition) is 3. The van der Waals surface area contributed by atoms with E-state index in [4.69, 9.17) is 10.2 Å². The van der Waals surface area contributed by atoms with Crippen LogP contribution in [0.2, 0.25) is 0 Å². The second-order valence-electron chi connectivity index (χ2n) is 3.71. The molecule has 0 rings (SSSR count). The fourth-order valence-electron chi connectivity index (χ4n) is 1.50. The van der Waals surface area contributed by atoms with Crippen LogP contribution in [0.1, 0.15) is 45.4 Å². The van der Waals surface area contributed by atoms with Gasteiger partial charge in [0.2, 0.25) is 0 Å². The summed E-state index contributed by atoms with van der Waals surface area (Å²) < 4.78 is 0. The summed E-state index contributed by atoms with van der Waals surface area (Å²) in [6.45, 7) is 3.76. The topological polar surface area (TPSA) is 52.5 Å². The lowest BCUT2D eigenvalue weighted by Crippen LogP contribution is -2.30. The largest absolute Gasteiger partial charge is 0.396 e. The van der Waals surface area contributed by atoms with Crippen molar-refractivity contribution in [3.8, 4) is 0 Å². The molecule has 0 bridgehead atoms. The first-order chi connectivity index (χ1) is 6.85. The molecule has 0 spiro atoms. The van der Waals surface area contributed by atoms with E-state index in [2.05, 4.69) is 12.2 Å². The highest BCUT2D eigenvalue weighted by molar-refractivity contribution is 4.63. The average Bonchev–Trinajstić information content (AvgIpc) is 2.21. The number of nitrogens with one attached hydrogen (secondary N) is 1. The van der Waals surface area contributed by atoms with Crippen molar-refractivity contribution in [2.45, 2.75) is 51.5 Å². The van der Waals surface area contributed by atoms with Crippen molar-refractivity contribution < 1.29 is 10.2 Å². The van der Waals surface area contributed by atoms with Crippen LogP contribution >= 0.6 is 0 Å². The summed E-state index contributed by atoms with van der Waals surface area (Å²) >= 11 is 0. The van der Waals surface area contributed by atoms with Crippen LogP contribution in [0.15, 0.2) is 0 Å². The van der Waals surface area contributed by atoms with E-state index < -0.39 is 0 Å². The first kappa shape index (κ1) is 13.9. The average molecular weight is 203 g/mol. The summed E-state index contributed by atoms with van der Waals surface area (Å²) in [6.07, 6.45) is 6.33. The molecule has 0 aromatic heterocycles. The molecule has 0 aromatic rings. The molecule has 0 aliphatic rings. The minimum absolute atomic E-state index is 0.274. The molecule has 3 nitrogen and oxygen atoms in total. The van der Waals surface area contributed by atoms with Crippen LogP contribution in [0.3, 0.4) is 0 Å². The highest BCUT2D eigenvalue weighted by atomic mass is 16.3. The maximum Gasteiger partial charge on any atom is 0.0445 e. The summed E-state index contributed by atoms with van der Waals surface area (Å²) in [5.74, 6) is 0. The van der Waals surface area contributed by atoms with Crippen molar-refractivity contribution in [1.82, 2.24) is 5.32 Å². The van der Waals surface area contributed by atoms with Crippen LogP contribution in [0.5, 0.6) is 0 Å². The van der Waals surface area contributed by atoms with E-state index >= 15 is 0 Å². The molecule has 1 atom stereocenters. The zero-order chi connectivity index (χ0) is 10.6. The van der Waals surface area contributed by atoms with Crippen LogP contribution in [-0.4, -0.2) is 36.0 Å². The monoisotopic (exact) mass is 203 g/mol. The lowest BCUT2D eigenvalue weighted by atomic mass is 10.1. The van der Waals surface area contributed by atoms with Crippen LogP contribution in [-0.2, 0) is 0 Å². The molecule has 0 saturated heterocycles. The predicted octanol–water partition coefficient (Wildman–Crippen LogP) is 1.29. The molecule has 1 unspecified atom stereocenters. The standard InChI is InChI=1S/C11H25NO2/c1-2-11(7-10-14)12-8-5-3-4-6-9-13/h11-14H,2-10H2,1H3. The highest BCUT2D eigenvalue weighted by Crippen LogP contribution is 2.00. The highest BCUT2D eigenvalue weighted by Gasteiger charge is 2.02. The third kappa shape index (κ3) is 8.48. The van der Waals surface area contributed by atoms with Gasteiger partial charge in [-0.15, -0.1) is 0 Å². The molecule has 0 aliphatic heterocycles. The Labute approximate surface area is 87.5 Å². The van der Waals surface area contributed by atoms with Crippen molar-refractivity contribution in [2.75, 3.05) is 19.8 Å². The first-order valence-corrected chi connectivity index (χ1v) is 5.80. The molecule has 0 amide bonds. The number of aliphatic hydroxyl groups excluding tert-OH is 2. The van der Waals surface area contributed by atoms with Gasteiger partial charge in [-0.2, -0.15) is 0 Å². The van der Waals surface area contributed by atoms with E-state index in [1.54, 1.807) is 0 Å². The predicted molar refractivity (Wildman–Crippen MR) is 59.3 cm³/mol. The molecule has 86 valence electrons. The summed E-state index contributed by atoms with van der Waals surface area (Å²) in [7, 11) is 0.